The van der Waals surface area contributed by atoms with Gasteiger partial charge in [0.05, 0.1) is 10.5 Å². The summed E-state index contributed by atoms with van der Waals surface area (Å²) in [6.07, 6.45) is 2.83. The number of carbonyl (C=O) groups excluding carboxylic acids is 3. The number of ketones is 1. The van der Waals surface area contributed by atoms with Crippen molar-refractivity contribution in [2.45, 2.75) is 44.9 Å². The number of rotatable bonds is 9. The average Bonchev–Trinajstić information content (AvgIpc) is 3.28. The number of hydrogen-bond donors (Lipinski definition) is 2. The van der Waals surface area contributed by atoms with Crippen molar-refractivity contribution in [1.82, 2.24) is 19.7 Å². The number of piperidine rings is 1. The normalized spacial score (nSPS) is 23.0. The van der Waals surface area contributed by atoms with Gasteiger partial charge in [0.2, 0.25) is 19.2 Å². The topological polar surface area (TPSA) is 112 Å². The van der Waals surface area contributed by atoms with E-state index in [0.717, 1.165) is 6.42 Å². The van der Waals surface area contributed by atoms with E-state index in [4.69, 9.17) is 11.6 Å². The predicted molar refractivity (Wildman–Crippen MR) is 155 cm³/mol. The summed E-state index contributed by atoms with van der Waals surface area (Å²) in [5, 5.41) is 3.55. The number of benzene rings is 2. The van der Waals surface area contributed by atoms with Gasteiger partial charge in [0.1, 0.15) is 18.4 Å². The van der Waals surface area contributed by atoms with Gasteiger partial charge in [0, 0.05) is 59.2 Å². The van der Waals surface area contributed by atoms with Crippen LogP contribution in [0.5, 0.6) is 0 Å². The van der Waals surface area contributed by atoms with Gasteiger partial charge in [-0.15, -0.1) is 0 Å². The predicted octanol–water partition coefficient (Wildman–Crippen LogP) is 3.40. The van der Waals surface area contributed by atoms with Crippen LogP contribution in [0, 0.1) is 11.2 Å². The molecule has 0 bridgehead atoms. The van der Waals surface area contributed by atoms with E-state index in [1.165, 1.54) is 31.8 Å². The third-order valence-electron chi connectivity index (χ3n) is 8.15. The average molecular weight is 603 g/mol. The van der Waals surface area contributed by atoms with E-state index < -0.39 is 19.2 Å². The zero-order chi connectivity index (χ0) is 29.9. The van der Waals surface area contributed by atoms with Gasteiger partial charge in [-0.3, -0.25) is 18.9 Å². The maximum Gasteiger partial charge on any atom is 0.243 e. The number of Topliss-reactive ketones (excluding diaryl/α,β-unsaturated/α-hetero) is 1. The summed E-state index contributed by atoms with van der Waals surface area (Å²) in [6.45, 7) is 3.14. The van der Waals surface area contributed by atoms with Crippen LogP contribution in [0.3, 0.4) is 0 Å². The molecule has 1 aliphatic heterocycles. The summed E-state index contributed by atoms with van der Waals surface area (Å²) in [6, 6.07) is 8.39. The lowest BCUT2D eigenvalue weighted by Gasteiger charge is -2.27. The van der Waals surface area contributed by atoms with Gasteiger partial charge in [0.25, 0.3) is 0 Å². The fourth-order valence-electron chi connectivity index (χ4n) is 6.23. The molecule has 2 aromatic carbocycles. The second-order valence-electron chi connectivity index (χ2n) is 11.6. The second kappa shape index (κ2) is 10.7. The molecular weight excluding hydrogens is 570 g/mol. The number of likely N-dealkylation sites (tertiary alicyclic amines) is 1. The highest BCUT2D eigenvalue weighted by Crippen LogP contribution is 2.59. The summed E-state index contributed by atoms with van der Waals surface area (Å²) in [5.74, 6) is -1.47. The molecule has 0 radical (unpaired) electrons. The Kier molecular flexibility index (Phi) is 7.66. The largest absolute Gasteiger partial charge is 0.350 e. The molecule has 12 heteroatoms. The van der Waals surface area contributed by atoms with Crippen LogP contribution in [0.1, 0.15) is 35.7 Å². The summed E-state index contributed by atoms with van der Waals surface area (Å²) in [5.41, 5.74) is 0.920. The highest BCUT2D eigenvalue weighted by atomic mass is 35.5. The first-order chi connectivity index (χ1) is 19.2. The summed E-state index contributed by atoms with van der Waals surface area (Å²) in [4.78, 5) is 53.6. The Morgan fingerprint density at radius 3 is 2.61 bits per heavy atom. The van der Waals surface area contributed by atoms with Crippen LogP contribution in [0.25, 0.3) is 10.9 Å². The van der Waals surface area contributed by atoms with Gasteiger partial charge in [-0.2, -0.15) is 0 Å². The minimum atomic E-state index is -3.59. The Balaban J connectivity index is 1.44. The molecule has 2 aliphatic rings. The van der Waals surface area contributed by atoms with Crippen molar-refractivity contribution < 1.29 is 28.2 Å². The van der Waals surface area contributed by atoms with Crippen molar-refractivity contribution in [2.24, 2.45) is 5.41 Å². The third kappa shape index (κ3) is 5.58. The molecule has 2 fully saturated rings. The van der Waals surface area contributed by atoms with Crippen LogP contribution in [0.2, 0.25) is 5.02 Å². The number of hydrogen-bond acceptors (Lipinski definition) is 5. The van der Waals surface area contributed by atoms with Crippen LogP contribution in [0.15, 0.2) is 42.6 Å². The highest BCUT2D eigenvalue weighted by molar-refractivity contribution is 7.65. The molecule has 9 nitrogen and oxygen atoms in total. The fourth-order valence-corrected chi connectivity index (χ4v) is 7.14. The van der Waals surface area contributed by atoms with E-state index in [0.29, 0.717) is 29.4 Å². The fraction of sp³-hybridized carbons (Fsp3) is 0.414. The first-order valence-corrected chi connectivity index (χ1v) is 15.8. The Morgan fingerprint density at radius 1 is 1.22 bits per heavy atom. The maximum atomic E-state index is 14.4. The number of nitrogens with zero attached hydrogens (tertiary/aromatic N) is 3. The van der Waals surface area contributed by atoms with E-state index >= 15 is 0 Å². The van der Waals surface area contributed by atoms with E-state index in [1.54, 1.807) is 33.9 Å². The van der Waals surface area contributed by atoms with Crippen molar-refractivity contribution in [3.05, 3.63) is 64.6 Å². The van der Waals surface area contributed by atoms with E-state index in [-0.39, 0.29) is 58.0 Å². The Labute approximate surface area is 242 Å². The Hall–Kier alpha value is -3.04. The molecule has 2 amide bonds. The SMILES string of the molecule is CC(=O)c1cn(CC(=O)N2[C@H](C(=O)NCc3cccc(Cl)c3F)C[C@@]3(CN(C)C)C[C@@H]23)c2cc(P(C)(=O)O)ccc12. The quantitative estimate of drug-likeness (QED) is 0.287. The molecule has 1 saturated carbocycles. The minimum absolute atomic E-state index is 0.0340. The third-order valence-corrected chi connectivity index (χ3v) is 9.68. The number of nitrogens with one attached hydrogen (secondary N) is 1. The Morgan fingerprint density at radius 2 is 1.95 bits per heavy atom. The van der Waals surface area contributed by atoms with Crippen LogP contribution < -0.4 is 10.6 Å². The second-order valence-corrected chi connectivity index (χ2v) is 14.3. The number of fused-ring (bicyclic) bond motifs is 2. The molecule has 3 aromatic rings. The molecule has 1 aliphatic carbocycles. The van der Waals surface area contributed by atoms with Crippen molar-refractivity contribution in [3.63, 3.8) is 0 Å². The zero-order valence-electron chi connectivity index (χ0n) is 23.4. The molecule has 1 saturated heterocycles. The standard InChI is InChI=1S/C29H33ClFN4O5P/c1-17(36)21-14-34(23-10-19(41(4,39)40)8-9-20(21)23)15-26(37)35-24(11-29(12-25(29)35)16-33(2)3)28(38)32-13-18-6-5-7-22(30)27(18)31/h5-10,14,24-25H,11-13,15-16H2,1-4H3,(H,32,38)(H,39,40)/t24-,25+,29-/m0/s1. The lowest BCUT2D eigenvalue weighted by molar-refractivity contribution is -0.140. The van der Waals surface area contributed by atoms with Crippen LogP contribution in [0.4, 0.5) is 4.39 Å². The first kappa shape index (κ1) is 29.5. The van der Waals surface area contributed by atoms with Gasteiger partial charge in [-0.05, 0) is 52.1 Å². The number of halogens is 2. The highest BCUT2D eigenvalue weighted by Gasteiger charge is 2.67. The maximum absolute atomic E-state index is 14.4. The van der Waals surface area contributed by atoms with Crippen molar-refractivity contribution in [2.75, 3.05) is 27.3 Å². The molecule has 2 heterocycles. The van der Waals surface area contributed by atoms with Crippen LogP contribution >= 0.6 is 19.0 Å². The number of carbonyl (C=O) groups is 3. The van der Waals surface area contributed by atoms with Gasteiger partial charge < -0.3 is 24.6 Å². The van der Waals surface area contributed by atoms with E-state index in [2.05, 4.69) is 5.32 Å². The molecule has 218 valence electrons. The lowest BCUT2D eigenvalue weighted by Crippen LogP contribution is -2.48. The minimum Gasteiger partial charge on any atom is -0.350 e. The van der Waals surface area contributed by atoms with Crippen LogP contribution in [-0.2, 0) is 27.2 Å². The smallest absolute Gasteiger partial charge is 0.243 e. The molecule has 1 aromatic heterocycles. The van der Waals surface area contributed by atoms with E-state index in [1.807, 2.05) is 19.0 Å². The lowest BCUT2D eigenvalue weighted by atomic mass is 9.98. The summed E-state index contributed by atoms with van der Waals surface area (Å²) >= 11 is 5.89. The summed E-state index contributed by atoms with van der Waals surface area (Å²) < 4.78 is 28.4. The molecule has 41 heavy (non-hydrogen) atoms. The number of aromatic nitrogens is 1. The number of amides is 2. The van der Waals surface area contributed by atoms with Crippen molar-refractivity contribution >= 4 is 52.8 Å². The van der Waals surface area contributed by atoms with Crippen molar-refractivity contribution in [3.8, 4) is 0 Å². The molecule has 2 N–H and O–H groups in total. The van der Waals surface area contributed by atoms with Gasteiger partial charge in [-0.1, -0.05) is 29.8 Å². The molecular formula is C29H33ClFN4O5P. The van der Waals surface area contributed by atoms with Crippen LogP contribution in [-0.4, -0.2) is 76.2 Å². The summed E-state index contributed by atoms with van der Waals surface area (Å²) in [7, 11) is 0.314. The molecule has 5 rings (SSSR count). The Bertz CT molecular complexity index is 1620. The van der Waals surface area contributed by atoms with Gasteiger partial charge >= 0.3 is 0 Å². The zero-order valence-corrected chi connectivity index (χ0v) is 25.0. The van der Waals surface area contributed by atoms with Crippen molar-refractivity contribution in [1.29, 1.82) is 0 Å². The molecule has 0 spiro atoms. The molecule has 1 unspecified atom stereocenters. The molecule has 4 atom stereocenters. The first-order valence-electron chi connectivity index (χ1n) is 13.3. The van der Waals surface area contributed by atoms with E-state index in [9.17, 15) is 28.2 Å². The monoisotopic (exact) mass is 602 g/mol. The van der Waals surface area contributed by atoms with Gasteiger partial charge in [0.15, 0.2) is 5.78 Å². The van der Waals surface area contributed by atoms with Gasteiger partial charge in [-0.25, -0.2) is 4.39 Å².